The summed E-state index contributed by atoms with van der Waals surface area (Å²) < 4.78 is 10.4. The highest BCUT2D eigenvalue weighted by Crippen LogP contribution is 2.12. The molecule has 0 aliphatic heterocycles. The van der Waals surface area contributed by atoms with Crippen LogP contribution >= 0.6 is 0 Å². The molecule has 1 amide bonds. The molecular formula is C19H27NO5. The molecule has 6 heteroatoms. The Morgan fingerprint density at radius 3 is 2.32 bits per heavy atom. The second kappa shape index (κ2) is 8.65. The predicted molar refractivity (Wildman–Crippen MR) is 94.5 cm³/mol. The monoisotopic (exact) mass is 349 g/mol. The van der Waals surface area contributed by atoms with Crippen LogP contribution < -0.4 is 5.32 Å². The maximum atomic E-state index is 12.3. The molecule has 0 radical (unpaired) electrons. The van der Waals surface area contributed by atoms with Crippen LogP contribution in [0.4, 0.5) is 4.79 Å². The third kappa shape index (κ3) is 7.83. The molecule has 6 nitrogen and oxygen atoms in total. The van der Waals surface area contributed by atoms with Gasteiger partial charge < -0.3 is 14.8 Å². The largest absolute Gasteiger partial charge is 0.461 e. The molecule has 1 rings (SSSR count). The number of ketones is 1. The zero-order valence-corrected chi connectivity index (χ0v) is 15.7. The van der Waals surface area contributed by atoms with Crippen molar-refractivity contribution in [1.29, 1.82) is 0 Å². The number of carbonyl (C=O) groups is 3. The van der Waals surface area contributed by atoms with Gasteiger partial charge in [-0.2, -0.15) is 0 Å². The molecule has 0 bridgehead atoms. The first-order valence-corrected chi connectivity index (χ1v) is 8.28. The summed E-state index contributed by atoms with van der Waals surface area (Å²) in [5.41, 5.74) is 0.616. The van der Waals surface area contributed by atoms with E-state index in [0.717, 1.165) is 5.56 Å². The molecule has 0 saturated heterocycles. The summed E-state index contributed by atoms with van der Waals surface area (Å²) in [6.07, 6.45) is -0.800. The zero-order chi connectivity index (χ0) is 19.2. The Bertz CT molecular complexity index is 631. The van der Waals surface area contributed by atoms with Crippen LogP contribution in [0.2, 0.25) is 0 Å². The summed E-state index contributed by atoms with van der Waals surface area (Å²) in [6.45, 7) is 10.2. The van der Waals surface area contributed by atoms with E-state index in [0.29, 0.717) is 5.56 Å². The van der Waals surface area contributed by atoms with Gasteiger partial charge in [0.15, 0.2) is 5.78 Å². The molecule has 0 aromatic heterocycles. The van der Waals surface area contributed by atoms with E-state index in [4.69, 9.17) is 9.47 Å². The Balaban J connectivity index is 2.94. The van der Waals surface area contributed by atoms with Crippen LogP contribution in [-0.2, 0) is 20.7 Å². The number of ether oxygens (including phenoxy) is 2. The minimum atomic E-state index is -0.903. The molecule has 0 aliphatic rings. The Hall–Kier alpha value is -2.37. The summed E-state index contributed by atoms with van der Waals surface area (Å²) >= 11 is 0. The van der Waals surface area contributed by atoms with Gasteiger partial charge in [-0.1, -0.05) is 18.2 Å². The summed E-state index contributed by atoms with van der Waals surface area (Å²) in [5.74, 6) is -0.614. The van der Waals surface area contributed by atoms with Gasteiger partial charge in [0.25, 0.3) is 0 Å². The van der Waals surface area contributed by atoms with Gasteiger partial charge in [-0.05, 0) is 53.2 Å². The highest BCUT2D eigenvalue weighted by Gasteiger charge is 2.26. The third-order valence-electron chi connectivity index (χ3n) is 3.10. The van der Waals surface area contributed by atoms with Crippen molar-refractivity contribution in [3.05, 3.63) is 35.4 Å². The van der Waals surface area contributed by atoms with E-state index in [9.17, 15) is 14.4 Å². The predicted octanol–water partition coefficient (Wildman–Crippen LogP) is 3.28. The molecule has 1 aromatic carbocycles. The maximum Gasteiger partial charge on any atom is 0.408 e. The van der Waals surface area contributed by atoms with Crippen LogP contribution in [0.1, 0.15) is 57.5 Å². The van der Waals surface area contributed by atoms with Gasteiger partial charge in [-0.25, -0.2) is 9.59 Å². The van der Waals surface area contributed by atoms with Crippen molar-refractivity contribution in [1.82, 2.24) is 5.32 Å². The molecule has 0 saturated carbocycles. The highest BCUT2D eigenvalue weighted by molar-refractivity contribution is 5.94. The molecule has 1 N–H and O–H groups in total. The molecule has 25 heavy (non-hydrogen) atoms. The van der Waals surface area contributed by atoms with Gasteiger partial charge >= 0.3 is 12.1 Å². The van der Waals surface area contributed by atoms with E-state index >= 15 is 0 Å². The number of esters is 1. The maximum absolute atomic E-state index is 12.3. The summed E-state index contributed by atoms with van der Waals surface area (Å²) in [5, 5.41) is 2.56. The number of rotatable bonds is 6. The SMILES string of the molecule is CC(=O)c1cccc(C[C@@H](NC(=O)OC(C)(C)C)C(=O)OC(C)C)c1. The number of carbonyl (C=O) groups excluding carboxylic acids is 3. The van der Waals surface area contributed by atoms with E-state index < -0.39 is 23.7 Å². The fourth-order valence-corrected chi connectivity index (χ4v) is 2.11. The van der Waals surface area contributed by atoms with Crippen LogP contribution in [-0.4, -0.2) is 35.6 Å². The molecule has 1 aromatic rings. The Kier molecular flexibility index (Phi) is 7.15. The average molecular weight is 349 g/mol. The van der Waals surface area contributed by atoms with Gasteiger partial charge in [0.2, 0.25) is 0 Å². The van der Waals surface area contributed by atoms with Crippen molar-refractivity contribution in [3.63, 3.8) is 0 Å². The minimum Gasteiger partial charge on any atom is -0.461 e. The Morgan fingerprint density at radius 2 is 1.80 bits per heavy atom. The summed E-state index contributed by atoms with van der Waals surface area (Å²) in [7, 11) is 0. The van der Waals surface area contributed by atoms with Gasteiger partial charge in [-0.3, -0.25) is 4.79 Å². The van der Waals surface area contributed by atoms with Gasteiger partial charge in [0.05, 0.1) is 6.10 Å². The summed E-state index contributed by atoms with van der Waals surface area (Å²) in [4.78, 5) is 35.9. The van der Waals surface area contributed by atoms with E-state index in [-0.39, 0.29) is 18.3 Å². The van der Waals surface area contributed by atoms with Crippen LogP contribution in [0.5, 0.6) is 0 Å². The van der Waals surface area contributed by atoms with Crippen molar-refractivity contribution < 1.29 is 23.9 Å². The molecule has 138 valence electrons. The second-order valence-electron chi connectivity index (χ2n) is 7.15. The number of nitrogens with one attached hydrogen (secondary N) is 1. The third-order valence-corrected chi connectivity index (χ3v) is 3.10. The minimum absolute atomic E-state index is 0.0664. The molecule has 0 fully saturated rings. The number of hydrogen-bond donors (Lipinski definition) is 1. The summed E-state index contributed by atoms with van der Waals surface area (Å²) in [6, 6.07) is 6.03. The Labute approximate surface area is 148 Å². The van der Waals surface area contributed by atoms with Crippen LogP contribution in [0, 0.1) is 0 Å². The Morgan fingerprint density at radius 1 is 1.16 bits per heavy atom. The van der Waals surface area contributed by atoms with Crippen molar-refractivity contribution in [3.8, 4) is 0 Å². The molecule has 0 spiro atoms. The molecule has 0 unspecified atom stereocenters. The van der Waals surface area contributed by atoms with E-state index in [1.165, 1.54) is 6.92 Å². The van der Waals surface area contributed by atoms with Gasteiger partial charge in [0.1, 0.15) is 11.6 Å². The first-order chi connectivity index (χ1) is 11.5. The van der Waals surface area contributed by atoms with Crippen molar-refractivity contribution in [2.45, 2.75) is 65.7 Å². The number of benzene rings is 1. The standard InChI is InChI=1S/C19H27NO5/c1-12(2)24-17(22)16(20-18(23)25-19(4,5)6)11-14-8-7-9-15(10-14)13(3)21/h7-10,12,16H,11H2,1-6H3,(H,20,23)/t16-/m1/s1. The first kappa shape index (κ1) is 20.7. The molecule has 1 atom stereocenters. The van der Waals surface area contributed by atoms with Crippen molar-refractivity contribution in [2.75, 3.05) is 0 Å². The lowest BCUT2D eigenvalue weighted by Gasteiger charge is -2.23. The number of alkyl carbamates (subject to hydrolysis) is 1. The fourth-order valence-electron chi connectivity index (χ4n) is 2.11. The average Bonchev–Trinajstić information content (AvgIpc) is 2.44. The van der Waals surface area contributed by atoms with E-state index in [2.05, 4.69) is 5.32 Å². The van der Waals surface area contributed by atoms with Crippen LogP contribution in [0.3, 0.4) is 0 Å². The molecular weight excluding hydrogens is 322 g/mol. The van der Waals surface area contributed by atoms with Crippen LogP contribution in [0.15, 0.2) is 24.3 Å². The lowest BCUT2D eigenvalue weighted by atomic mass is 10.0. The second-order valence-corrected chi connectivity index (χ2v) is 7.15. The number of amides is 1. The molecule has 0 aliphatic carbocycles. The normalized spacial score (nSPS) is 12.4. The van der Waals surface area contributed by atoms with Crippen molar-refractivity contribution >= 4 is 17.8 Å². The fraction of sp³-hybridized carbons (Fsp3) is 0.526. The highest BCUT2D eigenvalue weighted by atomic mass is 16.6. The van der Waals surface area contributed by atoms with Crippen LogP contribution in [0.25, 0.3) is 0 Å². The van der Waals surface area contributed by atoms with Gasteiger partial charge in [0, 0.05) is 12.0 Å². The van der Waals surface area contributed by atoms with Crippen molar-refractivity contribution in [2.24, 2.45) is 0 Å². The lowest BCUT2D eigenvalue weighted by Crippen LogP contribution is -2.46. The quantitative estimate of drug-likeness (QED) is 0.629. The molecule has 0 heterocycles. The van der Waals surface area contributed by atoms with E-state index in [1.54, 1.807) is 58.9 Å². The lowest BCUT2D eigenvalue weighted by molar-refractivity contribution is -0.149. The number of Topliss-reactive ketones (excluding diaryl/α,β-unsaturated/α-hetero) is 1. The topological polar surface area (TPSA) is 81.7 Å². The van der Waals surface area contributed by atoms with E-state index in [1.807, 2.05) is 0 Å². The smallest absolute Gasteiger partial charge is 0.408 e. The first-order valence-electron chi connectivity index (χ1n) is 8.28. The zero-order valence-electron chi connectivity index (χ0n) is 15.7. The number of hydrogen-bond acceptors (Lipinski definition) is 5. The van der Waals surface area contributed by atoms with Gasteiger partial charge in [-0.15, -0.1) is 0 Å².